The van der Waals surface area contributed by atoms with E-state index in [1.807, 2.05) is 57.2 Å². The molecule has 1 amide bonds. The van der Waals surface area contributed by atoms with Crippen LogP contribution in [0.25, 0.3) is 0 Å². The van der Waals surface area contributed by atoms with E-state index in [0.717, 1.165) is 29.8 Å². The number of rotatable bonds is 7. The van der Waals surface area contributed by atoms with Crippen molar-refractivity contribution >= 4 is 34.9 Å². The molecule has 0 bridgehead atoms. The Hall–Kier alpha value is -4.21. The van der Waals surface area contributed by atoms with E-state index >= 15 is 0 Å². The third-order valence-electron chi connectivity index (χ3n) is 6.27. The lowest BCUT2D eigenvalue weighted by Crippen LogP contribution is -2.41. The molecule has 0 unspecified atom stereocenters. The number of carbonyl (C=O) groups excluding carboxylic acids is 1. The molecule has 202 valence electrons. The first-order chi connectivity index (χ1) is 18.2. The van der Waals surface area contributed by atoms with Crippen LogP contribution in [-0.2, 0) is 4.74 Å². The average molecular weight is 521 g/mol. The molecule has 38 heavy (non-hydrogen) atoms. The van der Waals surface area contributed by atoms with Crippen molar-refractivity contribution in [3.63, 3.8) is 0 Å². The third kappa shape index (κ3) is 6.56. The number of anilines is 5. The number of amides is 1. The summed E-state index contributed by atoms with van der Waals surface area (Å²) in [5.41, 5.74) is 8.67. The van der Waals surface area contributed by atoms with Gasteiger partial charge in [-0.25, -0.2) is 9.78 Å². The number of piperidine rings is 1. The molecule has 1 aromatic heterocycles. The molecule has 2 heterocycles. The summed E-state index contributed by atoms with van der Waals surface area (Å²) in [5.74, 6) is 2.50. The Kier molecular flexibility index (Phi) is 8.09. The molecule has 2 aromatic carbocycles. The highest BCUT2D eigenvalue weighted by atomic mass is 16.6. The molecule has 1 aliphatic heterocycles. The van der Waals surface area contributed by atoms with Gasteiger partial charge in [-0.15, -0.1) is 0 Å². The number of nitrogens with two attached hydrogens (primary N) is 1. The van der Waals surface area contributed by atoms with Gasteiger partial charge in [-0.1, -0.05) is 18.2 Å². The first kappa shape index (κ1) is 26.8. The van der Waals surface area contributed by atoms with Crippen molar-refractivity contribution in [2.45, 2.75) is 45.1 Å². The summed E-state index contributed by atoms with van der Waals surface area (Å²) in [7, 11) is 3.24. The Labute approximate surface area is 223 Å². The first-order valence-corrected chi connectivity index (χ1v) is 12.6. The van der Waals surface area contributed by atoms with Gasteiger partial charge in [0.05, 0.1) is 37.5 Å². The van der Waals surface area contributed by atoms with Crippen LogP contribution in [0.3, 0.4) is 0 Å². The highest BCUT2D eigenvalue weighted by molar-refractivity contribution is 5.73. The molecule has 0 aliphatic carbocycles. The van der Waals surface area contributed by atoms with E-state index in [9.17, 15) is 4.79 Å². The van der Waals surface area contributed by atoms with E-state index in [-0.39, 0.29) is 6.09 Å². The molecule has 0 radical (unpaired) electrons. The number of nitrogens with one attached hydrogen (secondary N) is 2. The van der Waals surface area contributed by atoms with Crippen LogP contribution in [0, 0.1) is 0 Å². The number of methoxy groups -OCH3 is 2. The Balaban J connectivity index is 1.45. The number of para-hydroxylation sites is 2. The zero-order valence-corrected chi connectivity index (χ0v) is 22.6. The molecule has 0 atom stereocenters. The molecule has 0 spiro atoms. The molecule has 4 rings (SSSR count). The minimum absolute atomic E-state index is 0.254. The van der Waals surface area contributed by atoms with Crippen LogP contribution < -0.4 is 25.8 Å². The summed E-state index contributed by atoms with van der Waals surface area (Å²) in [6.07, 6.45) is 3.01. The fourth-order valence-electron chi connectivity index (χ4n) is 4.33. The van der Waals surface area contributed by atoms with E-state index in [2.05, 4.69) is 26.7 Å². The van der Waals surface area contributed by atoms with E-state index in [1.165, 1.54) is 0 Å². The van der Waals surface area contributed by atoms with Gasteiger partial charge in [-0.3, -0.25) is 0 Å². The topological polar surface area (TPSA) is 124 Å². The van der Waals surface area contributed by atoms with Gasteiger partial charge in [0, 0.05) is 13.1 Å². The molecular weight excluding hydrogens is 484 g/mol. The van der Waals surface area contributed by atoms with Gasteiger partial charge in [0.1, 0.15) is 17.1 Å². The van der Waals surface area contributed by atoms with Gasteiger partial charge in [0.25, 0.3) is 0 Å². The van der Waals surface area contributed by atoms with Crippen molar-refractivity contribution in [2.24, 2.45) is 0 Å². The average Bonchev–Trinajstić information content (AvgIpc) is 2.90. The largest absolute Gasteiger partial charge is 0.495 e. The molecule has 1 aliphatic rings. The normalized spacial score (nSPS) is 14.1. The standard InChI is InChI=1S/C28H36N6O4/c1-28(2,3)38-27(35)34-14-12-18(13-15-34)19-10-11-22(24(16-19)37-5)32-26-30-17-20(29)25(33-26)31-21-8-6-7-9-23(21)36-4/h6-11,16-18H,12-15,29H2,1-5H3,(H2,30,31,32,33). The molecule has 10 nitrogen and oxygen atoms in total. The Bertz CT molecular complexity index is 1270. The van der Waals surface area contributed by atoms with Crippen molar-refractivity contribution in [3.05, 3.63) is 54.2 Å². The van der Waals surface area contributed by atoms with Gasteiger partial charge in [0.2, 0.25) is 5.95 Å². The zero-order chi connectivity index (χ0) is 27.3. The number of carbonyl (C=O) groups is 1. The number of benzene rings is 2. The minimum atomic E-state index is -0.496. The lowest BCUT2D eigenvalue weighted by Gasteiger charge is -2.33. The van der Waals surface area contributed by atoms with Crippen LogP contribution in [0.4, 0.5) is 33.6 Å². The predicted molar refractivity (Wildman–Crippen MR) is 149 cm³/mol. The van der Waals surface area contributed by atoms with Crippen molar-refractivity contribution in [1.29, 1.82) is 0 Å². The van der Waals surface area contributed by atoms with Gasteiger partial charge in [-0.05, 0) is 69.4 Å². The highest BCUT2D eigenvalue weighted by Crippen LogP contribution is 2.35. The second-order valence-electron chi connectivity index (χ2n) is 10.1. The minimum Gasteiger partial charge on any atom is -0.495 e. The van der Waals surface area contributed by atoms with Crippen molar-refractivity contribution in [3.8, 4) is 11.5 Å². The number of nitrogen functional groups attached to an aromatic ring is 1. The summed E-state index contributed by atoms with van der Waals surface area (Å²) in [6.45, 7) is 6.96. The summed E-state index contributed by atoms with van der Waals surface area (Å²) >= 11 is 0. The molecule has 1 fully saturated rings. The Morgan fingerprint density at radius 3 is 2.37 bits per heavy atom. The fraction of sp³-hybridized carbons (Fsp3) is 0.393. The van der Waals surface area contributed by atoms with Crippen molar-refractivity contribution in [1.82, 2.24) is 14.9 Å². The Morgan fingerprint density at radius 2 is 1.68 bits per heavy atom. The van der Waals surface area contributed by atoms with E-state index in [0.29, 0.717) is 48.0 Å². The van der Waals surface area contributed by atoms with Crippen molar-refractivity contribution < 1.29 is 19.0 Å². The van der Waals surface area contributed by atoms with Gasteiger partial charge < -0.3 is 35.5 Å². The smallest absolute Gasteiger partial charge is 0.410 e. The van der Waals surface area contributed by atoms with Crippen LogP contribution in [0.5, 0.6) is 11.5 Å². The van der Waals surface area contributed by atoms with Crippen LogP contribution in [-0.4, -0.2) is 53.9 Å². The number of aromatic nitrogens is 2. The number of likely N-dealkylation sites (tertiary alicyclic amines) is 1. The molecule has 0 saturated carbocycles. The lowest BCUT2D eigenvalue weighted by atomic mass is 9.89. The lowest BCUT2D eigenvalue weighted by molar-refractivity contribution is 0.0205. The Morgan fingerprint density at radius 1 is 1.00 bits per heavy atom. The summed E-state index contributed by atoms with van der Waals surface area (Å²) in [6, 6.07) is 13.6. The number of nitrogens with zero attached hydrogens (tertiary/aromatic N) is 3. The SMILES string of the molecule is COc1cc(C2CCN(C(=O)OC(C)(C)C)CC2)ccc1Nc1ncc(N)c(Nc2ccccc2OC)n1. The monoisotopic (exact) mass is 520 g/mol. The van der Waals surface area contributed by atoms with Gasteiger partial charge in [0.15, 0.2) is 5.82 Å². The van der Waals surface area contributed by atoms with Crippen LogP contribution in [0.1, 0.15) is 45.1 Å². The van der Waals surface area contributed by atoms with Gasteiger partial charge >= 0.3 is 6.09 Å². The van der Waals surface area contributed by atoms with E-state index in [4.69, 9.17) is 19.9 Å². The number of ether oxygens (including phenoxy) is 3. The highest BCUT2D eigenvalue weighted by Gasteiger charge is 2.28. The van der Waals surface area contributed by atoms with Crippen LogP contribution in [0.2, 0.25) is 0 Å². The predicted octanol–water partition coefficient (Wildman–Crippen LogP) is 5.68. The molecule has 1 saturated heterocycles. The maximum atomic E-state index is 12.4. The van der Waals surface area contributed by atoms with Crippen LogP contribution in [0.15, 0.2) is 48.7 Å². The zero-order valence-electron chi connectivity index (χ0n) is 22.6. The first-order valence-electron chi connectivity index (χ1n) is 12.6. The maximum Gasteiger partial charge on any atom is 0.410 e. The summed E-state index contributed by atoms with van der Waals surface area (Å²) in [5, 5.41) is 6.45. The van der Waals surface area contributed by atoms with Crippen molar-refractivity contribution in [2.75, 3.05) is 43.7 Å². The second-order valence-corrected chi connectivity index (χ2v) is 10.1. The maximum absolute atomic E-state index is 12.4. The fourth-order valence-corrected chi connectivity index (χ4v) is 4.33. The second kappa shape index (κ2) is 11.5. The molecule has 3 aromatic rings. The van der Waals surface area contributed by atoms with Gasteiger partial charge in [-0.2, -0.15) is 4.98 Å². The number of hydrogen-bond donors (Lipinski definition) is 3. The molecule has 10 heteroatoms. The van der Waals surface area contributed by atoms with E-state index in [1.54, 1.807) is 25.3 Å². The van der Waals surface area contributed by atoms with E-state index < -0.39 is 5.60 Å². The summed E-state index contributed by atoms with van der Waals surface area (Å²) < 4.78 is 16.6. The molecular formula is C28H36N6O4. The summed E-state index contributed by atoms with van der Waals surface area (Å²) in [4.78, 5) is 23.1. The molecule has 4 N–H and O–H groups in total. The third-order valence-corrected chi connectivity index (χ3v) is 6.27. The quantitative estimate of drug-likeness (QED) is 0.361. The van der Waals surface area contributed by atoms with Crippen LogP contribution >= 0.6 is 0 Å². The number of hydrogen-bond acceptors (Lipinski definition) is 9.